The summed E-state index contributed by atoms with van der Waals surface area (Å²) in [4.78, 5) is 14.7. The summed E-state index contributed by atoms with van der Waals surface area (Å²) in [6, 6.07) is 14.2. The Morgan fingerprint density at radius 1 is 1.31 bits per heavy atom. The van der Waals surface area contributed by atoms with E-state index in [9.17, 15) is 4.79 Å². The number of benzene rings is 1. The number of aromatic nitrogens is 2. The molecule has 0 saturated heterocycles. The molecule has 1 unspecified atom stereocenters. The topological polar surface area (TPSA) is 74.2 Å². The highest BCUT2D eigenvalue weighted by Crippen LogP contribution is 2.22. The predicted octanol–water partition coefficient (Wildman–Crippen LogP) is 2.76. The summed E-state index contributed by atoms with van der Waals surface area (Å²) in [6.45, 7) is 3.37. The molecule has 134 valence electrons. The van der Waals surface area contributed by atoms with E-state index in [0.717, 1.165) is 18.7 Å². The van der Waals surface area contributed by atoms with Gasteiger partial charge in [-0.3, -0.25) is 14.8 Å². The van der Waals surface area contributed by atoms with Crippen molar-refractivity contribution in [1.29, 1.82) is 0 Å². The van der Waals surface area contributed by atoms with Crippen LogP contribution >= 0.6 is 0 Å². The first-order valence-electron chi connectivity index (χ1n) is 8.77. The number of fused-ring (bicyclic) bond motifs is 1. The third kappa shape index (κ3) is 3.28. The summed E-state index contributed by atoms with van der Waals surface area (Å²) in [7, 11) is 2.10. The molecule has 1 atom stereocenters. The fourth-order valence-corrected chi connectivity index (χ4v) is 3.39. The molecule has 4 rings (SSSR count). The molecule has 0 aliphatic carbocycles. The number of furan rings is 1. The molecule has 2 N–H and O–H groups in total. The van der Waals surface area contributed by atoms with Gasteiger partial charge in [0.2, 0.25) is 0 Å². The van der Waals surface area contributed by atoms with Crippen LogP contribution in [0.15, 0.2) is 46.9 Å². The number of nitrogens with zero attached hydrogens (tertiary/aromatic N) is 2. The number of aromatic amines is 1. The molecule has 6 nitrogen and oxygen atoms in total. The first-order chi connectivity index (χ1) is 12.6. The number of carbonyl (C=O) groups excluding carboxylic acids is 1. The second-order valence-corrected chi connectivity index (χ2v) is 6.83. The molecule has 1 aliphatic heterocycles. The van der Waals surface area contributed by atoms with Crippen LogP contribution in [0.5, 0.6) is 0 Å². The van der Waals surface area contributed by atoms with Gasteiger partial charge in [-0.25, -0.2) is 0 Å². The number of likely N-dealkylation sites (N-methyl/N-ethyl adjacent to an activating group) is 1. The lowest BCUT2D eigenvalue weighted by Crippen LogP contribution is -2.45. The molecule has 6 heteroatoms. The Labute approximate surface area is 152 Å². The van der Waals surface area contributed by atoms with Gasteiger partial charge in [-0.2, -0.15) is 5.10 Å². The van der Waals surface area contributed by atoms with Crippen LogP contribution in [0.2, 0.25) is 0 Å². The average molecular weight is 350 g/mol. The number of nitrogens with one attached hydrogen (secondary N) is 2. The molecule has 1 amide bonds. The van der Waals surface area contributed by atoms with Crippen molar-refractivity contribution in [2.24, 2.45) is 0 Å². The van der Waals surface area contributed by atoms with Crippen LogP contribution in [-0.4, -0.2) is 40.6 Å². The van der Waals surface area contributed by atoms with E-state index in [1.807, 2.05) is 19.1 Å². The van der Waals surface area contributed by atoms with Crippen LogP contribution in [0.3, 0.4) is 0 Å². The summed E-state index contributed by atoms with van der Waals surface area (Å²) < 4.78 is 5.56. The number of aryl methyl sites for hydroxylation is 1. The third-order valence-electron chi connectivity index (χ3n) is 4.93. The molecule has 26 heavy (non-hydrogen) atoms. The van der Waals surface area contributed by atoms with E-state index >= 15 is 0 Å². The van der Waals surface area contributed by atoms with Crippen LogP contribution in [0.4, 0.5) is 0 Å². The summed E-state index contributed by atoms with van der Waals surface area (Å²) in [5, 5.41) is 9.98. The molecule has 0 saturated carbocycles. The predicted molar refractivity (Wildman–Crippen MR) is 98.8 cm³/mol. The van der Waals surface area contributed by atoms with Crippen molar-refractivity contribution < 1.29 is 9.21 Å². The van der Waals surface area contributed by atoms with E-state index in [-0.39, 0.29) is 11.9 Å². The van der Waals surface area contributed by atoms with Crippen LogP contribution in [0.25, 0.3) is 11.5 Å². The Kier molecular flexibility index (Phi) is 4.34. The molecular weight excluding hydrogens is 328 g/mol. The lowest BCUT2D eigenvalue weighted by molar-refractivity contribution is 0.0929. The molecule has 0 fully saturated rings. The quantitative estimate of drug-likeness (QED) is 0.759. The van der Waals surface area contributed by atoms with Crippen LogP contribution in [0.1, 0.15) is 27.4 Å². The van der Waals surface area contributed by atoms with Gasteiger partial charge >= 0.3 is 0 Å². The van der Waals surface area contributed by atoms with Gasteiger partial charge in [0.05, 0.1) is 0 Å². The van der Waals surface area contributed by atoms with Gasteiger partial charge in [0.25, 0.3) is 5.91 Å². The van der Waals surface area contributed by atoms with E-state index in [1.165, 1.54) is 11.1 Å². The Balaban J connectivity index is 1.39. The monoisotopic (exact) mass is 350 g/mol. The number of hydrogen-bond acceptors (Lipinski definition) is 4. The van der Waals surface area contributed by atoms with Gasteiger partial charge in [0.1, 0.15) is 11.5 Å². The number of carbonyl (C=O) groups is 1. The van der Waals surface area contributed by atoms with Gasteiger partial charge < -0.3 is 9.73 Å². The number of H-pyrrole nitrogens is 1. The molecule has 3 aromatic rings. The summed E-state index contributed by atoms with van der Waals surface area (Å²) in [5.41, 5.74) is 3.79. The van der Waals surface area contributed by atoms with E-state index in [0.29, 0.717) is 23.7 Å². The van der Waals surface area contributed by atoms with E-state index < -0.39 is 0 Å². The largest absolute Gasteiger partial charge is 0.460 e. The highest BCUT2D eigenvalue weighted by atomic mass is 16.3. The molecule has 1 aromatic carbocycles. The molecule has 1 aliphatic rings. The lowest BCUT2D eigenvalue weighted by Gasteiger charge is -2.34. The van der Waals surface area contributed by atoms with Crippen molar-refractivity contribution in [2.45, 2.75) is 25.9 Å². The fourth-order valence-electron chi connectivity index (χ4n) is 3.39. The lowest BCUT2D eigenvalue weighted by atomic mass is 9.94. The molecule has 0 bridgehead atoms. The van der Waals surface area contributed by atoms with Crippen LogP contribution < -0.4 is 5.32 Å². The van der Waals surface area contributed by atoms with E-state index in [1.54, 1.807) is 6.07 Å². The molecule has 3 heterocycles. The second kappa shape index (κ2) is 6.80. The zero-order valence-electron chi connectivity index (χ0n) is 15.0. The van der Waals surface area contributed by atoms with Crippen molar-refractivity contribution in [3.63, 3.8) is 0 Å². The maximum atomic E-state index is 12.4. The Morgan fingerprint density at radius 2 is 2.12 bits per heavy atom. The van der Waals surface area contributed by atoms with Gasteiger partial charge in [0, 0.05) is 25.2 Å². The number of hydrogen-bond donors (Lipinski definition) is 2. The minimum Gasteiger partial charge on any atom is -0.460 e. The van der Waals surface area contributed by atoms with Crippen molar-refractivity contribution >= 4 is 5.91 Å². The van der Waals surface area contributed by atoms with E-state index in [2.05, 4.69) is 51.7 Å². The van der Waals surface area contributed by atoms with Crippen LogP contribution in [-0.2, 0) is 13.0 Å². The normalized spacial score (nSPS) is 17.1. The van der Waals surface area contributed by atoms with E-state index in [4.69, 9.17) is 4.42 Å². The minimum atomic E-state index is -0.178. The summed E-state index contributed by atoms with van der Waals surface area (Å²) in [6.07, 6.45) is 0.935. The highest BCUT2D eigenvalue weighted by molar-refractivity contribution is 5.93. The molecule has 2 aromatic heterocycles. The van der Waals surface area contributed by atoms with Crippen molar-refractivity contribution in [2.75, 3.05) is 13.6 Å². The first-order valence-corrected chi connectivity index (χ1v) is 8.77. The van der Waals surface area contributed by atoms with Gasteiger partial charge in [-0.05, 0) is 43.7 Å². The molecule has 0 radical (unpaired) electrons. The highest BCUT2D eigenvalue weighted by Gasteiger charge is 2.24. The number of rotatable bonds is 4. The zero-order valence-corrected chi connectivity index (χ0v) is 15.0. The summed E-state index contributed by atoms with van der Waals surface area (Å²) >= 11 is 0. The average Bonchev–Trinajstić information content (AvgIpc) is 3.28. The van der Waals surface area contributed by atoms with Gasteiger partial charge in [0.15, 0.2) is 11.5 Å². The standard InChI is InChI=1S/C20H22N4O2/c1-13-7-8-19(26-13)17-10-18(23-22-17)20(25)21-11-16-9-14-5-3-4-6-15(14)12-24(16)2/h3-8,10,16H,9,11-12H2,1-2H3,(H,21,25)(H,22,23). The molecule has 0 spiro atoms. The minimum absolute atomic E-state index is 0.178. The SMILES string of the molecule is Cc1ccc(-c2cc(C(=O)NCC3Cc4ccccc4CN3C)n[nH]2)o1. The second-order valence-electron chi connectivity index (χ2n) is 6.83. The van der Waals surface area contributed by atoms with Crippen molar-refractivity contribution in [3.05, 3.63) is 65.0 Å². The summed E-state index contributed by atoms with van der Waals surface area (Å²) in [5.74, 6) is 1.32. The van der Waals surface area contributed by atoms with Crippen molar-refractivity contribution in [3.8, 4) is 11.5 Å². The first kappa shape index (κ1) is 16.6. The maximum absolute atomic E-state index is 12.4. The Hall–Kier alpha value is -2.86. The van der Waals surface area contributed by atoms with Gasteiger partial charge in [-0.1, -0.05) is 24.3 Å². The van der Waals surface area contributed by atoms with Gasteiger partial charge in [-0.15, -0.1) is 0 Å². The number of amides is 1. The molecular formula is C20H22N4O2. The maximum Gasteiger partial charge on any atom is 0.271 e. The van der Waals surface area contributed by atoms with Crippen molar-refractivity contribution in [1.82, 2.24) is 20.4 Å². The Bertz CT molecular complexity index is 927. The third-order valence-corrected chi connectivity index (χ3v) is 4.93. The fraction of sp³-hybridized carbons (Fsp3) is 0.300. The smallest absolute Gasteiger partial charge is 0.271 e. The van der Waals surface area contributed by atoms with Crippen LogP contribution in [0, 0.1) is 6.92 Å². The zero-order chi connectivity index (χ0) is 18.1. The Morgan fingerprint density at radius 3 is 2.88 bits per heavy atom.